The Morgan fingerprint density at radius 2 is 1.89 bits per heavy atom. The minimum atomic E-state index is -1.19. The Morgan fingerprint density at radius 3 is 2.59 bits per heavy atom. The van der Waals surface area contributed by atoms with Crippen molar-refractivity contribution in [3.05, 3.63) is 71.5 Å². The Hall–Kier alpha value is -3.22. The van der Waals surface area contributed by atoms with Crippen LogP contribution in [0.1, 0.15) is 18.1 Å². The molecule has 1 unspecified atom stereocenters. The van der Waals surface area contributed by atoms with Crippen molar-refractivity contribution >= 4 is 17.8 Å². The molecular weight excluding hydrogens is 349 g/mol. The fraction of sp³-hybridized carbons (Fsp3) is 0.250. The van der Waals surface area contributed by atoms with Crippen LogP contribution in [0.15, 0.2) is 54.6 Å². The van der Waals surface area contributed by atoms with Gasteiger partial charge in [-0.2, -0.15) is 0 Å². The summed E-state index contributed by atoms with van der Waals surface area (Å²) in [5.41, 5.74) is 0.208. The first kappa shape index (κ1) is 18.6. The van der Waals surface area contributed by atoms with Crippen molar-refractivity contribution in [3.63, 3.8) is 0 Å². The Balaban J connectivity index is 1.58. The highest BCUT2D eigenvalue weighted by Crippen LogP contribution is 2.28. The van der Waals surface area contributed by atoms with Gasteiger partial charge in [0.2, 0.25) is 5.91 Å². The van der Waals surface area contributed by atoms with Crippen molar-refractivity contribution in [2.45, 2.75) is 18.9 Å². The number of hydrogen-bond acceptors (Lipinski definition) is 3. The molecule has 0 spiro atoms. The summed E-state index contributed by atoms with van der Waals surface area (Å²) in [6, 6.07) is 14.4. The van der Waals surface area contributed by atoms with E-state index < -0.39 is 23.4 Å². The van der Waals surface area contributed by atoms with Gasteiger partial charge in [0.15, 0.2) is 0 Å². The maximum atomic E-state index is 13.1. The molecular formula is C20H20FN3O3. The molecule has 0 aliphatic carbocycles. The minimum absolute atomic E-state index is 0.280. The lowest BCUT2D eigenvalue weighted by Gasteiger charge is -2.22. The molecule has 1 fully saturated rings. The maximum absolute atomic E-state index is 13.1. The van der Waals surface area contributed by atoms with Crippen molar-refractivity contribution in [2.24, 2.45) is 0 Å². The van der Waals surface area contributed by atoms with E-state index in [4.69, 9.17) is 0 Å². The van der Waals surface area contributed by atoms with Crippen LogP contribution in [0.5, 0.6) is 0 Å². The van der Waals surface area contributed by atoms with Crippen LogP contribution in [-0.4, -0.2) is 35.8 Å². The van der Waals surface area contributed by atoms with E-state index in [1.54, 1.807) is 43.3 Å². The molecule has 1 saturated heterocycles. The number of imide groups is 1. The molecule has 2 N–H and O–H groups in total. The molecule has 1 aliphatic rings. The number of hydrogen-bond donors (Lipinski definition) is 2. The molecule has 1 heterocycles. The lowest BCUT2D eigenvalue weighted by atomic mass is 9.92. The van der Waals surface area contributed by atoms with Crippen LogP contribution in [0.2, 0.25) is 0 Å². The second-order valence-corrected chi connectivity index (χ2v) is 6.54. The van der Waals surface area contributed by atoms with E-state index >= 15 is 0 Å². The summed E-state index contributed by atoms with van der Waals surface area (Å²) in [6.07, 6.45) is 0.450. The van der Waals surface area contributed by atoms with Gasteiger partial charge in [-0.25, -0.2) is 9.18 Å². The van der Waals surface area contributed by atoms with Crippen molar-refractivity contribution in [1.29, 1.82) is 0 Å². The molecule has 1 aliphatic heterocycles. The zero-order valence-corrected chi connectivity index (χ0v) is 14.9. The van der Waals surface area contributed by atoms with Crippen LogP contribution < -0.4 is 10.6 Å². The van der Waals surface area contributed by atoms with Crippen LogP contribution in [0, 0.1) is 5.82 Å². The minimum Gasteiger partial charge on any atom is -0.354 e. The highest BCUT2D eigenvalue weighted by atomic mass is 19.1. The van der Waals surface area contributed by atoms with Gasteiger partial charge >= 0.3 is 6.03 Å². The van der Waals surface area contributed by atoms with Gasteiger partial charge in [-0.15, -0.1) is 0 Å². The average molecular weight is 369 g/mol. The number of halogens is 1. The first-order valence-corrected chi connectivity index (χ1v) is 8.61. The number of amides is 4. The second kappa shape index (κ2) is 7.57. The molecule has 2 aromatic carbocycles. The van der Waals surface area contributed by atoms with Crippen molar-refractivity contribution < 1.29 is 18.8 Å². The molecule has 0 aromatic heterocycles. The lowest BCUT2D eigenvalue weighted by molar-refractivity contribution is -0.134. The largest absolute Gasteiger partial charge is 0.354 e. The van der Waals surface area contributed by atoms with Gasteiger partial charge in [0, 0.05) is 6.54 Å². The first-order valence-electron chi connectivity index (χ1n) is 8.61. The van der Waals surface area contributed by atoms with Crippen LogP contribution in [-0.2, 0) is 21.5 Å². The van der Waals surface area contributed by atoms with Gasteiger partial charge in [0.05, 0.1) is 0 Å². The fourth-order valence-corrected chi connectivity index (χ4v) is 3.05. The Morgan fingerprint density at radius 1 is 1.15 bits per heavy atom. The van der Waals surface area contributed by atoms with E-state index in [1.807, 2.05) is 6.07 Å². The van der Waals surface area contributed by atoms with E-state index in [-0.39, 0.29) is 18.9 Å². The Bertz CT molecular complexity index is 872. The van der Waals surface area contributed by atoms with Crippen LogP contribution in [0.4, 0.5) is 9.18 Å². The third kappa shape index (κ3) is 3.97. The third-order valence-electron chi connectivity index (χ3n) is 4.55. The van der Waals surface area contributed by atoms with E-state index in [2.05, 4.69) is 10.6 Å². The highest BCUT2D eigenvalue weighted by molar-refractivity contribution is 6.09. The van der Waals surface area contributed by atoms with Crippen molar-refractivity contribution in [1.82, 2.24) is 15.5 Å². The SMILES string of the molecule is CC1(c2ccccc2)NC(=O)N(CC(=O)NCCc2cccc(F)c2)C1=O. The van der Waals surface area contributed by atoms with Gasteiger partial charge < -0.3 is 10.6 Å². The normalized spacial score (nSPS) is 19.1. The number of nitrogens with one attached hydrogen (secondary N) is 2. The molecule has 4 amide bonds. The molecule has 6 nitrogen and oxygen atoms in total. The quantitative estimate of drug-likeness (QED) is 0.764. The van der Waals surface area contributed by atoms with Crippen molar-refractivity contribution in [2.75, 3.05) is 13.1 Å². The van der Waals surface area contributed by atoms with Gasteiger partial charge in [-0.3, -0.25) is 14.5 Å². The van der Waals surface area contributed by atoms with Gasteiger partial charge in [0.1, 0.15) is 17.9 Å². The second-order valence-electron chi connectivity index (χ2n) is 6.54. The van der Waals surface area contributed by atoms with E-state index in [9.17, 15) is 18.8 Å². The number of carbonyl (C=O) groups excluding carboxylic acids is 3. The third-order valence-corrected chi connectivity index (χ3v) is 4.55. The summed E-state index contributed by atoms with van der Waals surface area (Å²) < 4.78 is 13.1. The zero-order chi connectivity index (χ0) is 19.4. The average Bonchev–Trinajstić information content (AvgIpc) is 2.87. The predicted molar refractivity (Wildman–Crippen MR) is 97.2 cm³/mol. The number of benzene rings is 2. The zero-order valence-electron chi connectivity index (χ0n) is 14.9. The molecule has 140 valence electrons. The maximum Gasteiger partial charge on any atom is 0.325 e. The summed E-state index contributed by atoms with van der Waals surface area (Å²) in [7, 11) is 0. The fourth-order valence-electron chi connectivity index (χ4n) is 3.05. The topological polar surface area (TPSA) is 78.5 Å². The number of rotatable bonds is 6. The summed E-state index contributed by atoms with van der Waals surface area (Å²) >= 11 is 0. The molecule has 7 heteroatoms. The first-order chi connectivity index (χ1) is 12.9. The summed E-state index contributed by atoms with van der Waals surface area (Å²) in [6.45, 7) is 1.53. The van der Waals surface area contributed by atoms with E-state index in [0.717, 1.165) is 10.5 Å². The number of carbonyl (C=O) groups is 3. The molecule has 27 heavy (non-hydrogen) atoms. The van der Waals surface area contributed by atoms with Crippen LogP contribution in [0.3, 0.4) is 0 Å². The van der Waals surface area contributed by atoms with Gasteiger partial charge in [-0.1, -0.05) is 42.5 Å². The van der Waals surface area contributed by atoms with E-state index in [0.29, 0.717) is 12.0 Å². The van der Waals surface area contributed by atoms with Crippen molar-refractivity contribution in [3.8, 4) is 0 Å². The molecule has 3 rings (SSSR count). The van der Waals surface area contributed by atoms with Crippen LogP contribution >= 0.6 is 0 Å². The predicted octanol–water partition coefficient (Wildman–Crippen LogP) is 1.95. The highest BCUT2D eigenvalue weighted by Gasteiger charge is 2.49. The summed E-state index contributed by atoms with van der Waals surface area (Å²) in [5.74, 6) is -1.26. The van der Waals surface area contributed by atoms with E-state index in [1.165, 1.54) is 12.1 Å². The monoisotopic (exact) mass is 369 g/mol. The number of nitrogens with zero attached hydrogens (tertiary/aromatic N) is 1. The molecule has 1 atom stereocenters. The summed E-state index contributed by atoms with van der Waals surface area (Å²) in [4.78, 5) is 38.0. The van der Waals surface area contributed by atoms with Gasteiger partial charge in [0.25, 0.3) is 5.91 Å². The molecule has 2 aromatic rings. The Kier molecular flexibility index (Phi) is 5.21. The molecule has 0 radical (unpaired) electrons. The van der Waals surface area contributed by atoms with Crippen LogP contribution in [0.25, 0.3) is 0 Å². The number of urea groups is 1. The standard InChI is InChI=1S/C20H20FN3O3/c1-20(15-7-3-2-4-8-15)18(26)24(19(27)23-20)13-17(25)22-11-10-14-6-5-9-16(21)12-14/h2-9,12H,10-11,13H2,1H3,(H,22,25)(H,23,27). The van der Waals surface area contributed by atoms with Gasteiger partial charge in [-0.05, 0) is 36.6 Å². The smallest absolute Gasteiger partial charge is 0.325 e. The lowest BCUT2D eigenvalue weighted by Crippen LogP contribution is -2.43. The summed E-state index contributed by atoms with van der Waals surface area (Å²) in [5, 5.41) is 5.31. The Labute approximate surface area is 156 Å². The molecule has 0 saturated carbocycles. The molecule has 0 bridgehead atoms.